The summed E-state index contributed by atoms with van der Waals surface area (Å²) in [5.74, 6) is -0.448. The molecule has 0 saturated heterocycles. The topological polar surface area (TPSA) is 74.8 Å². The van der Waals surface area contributed by atoms with E-state index in [1.807, 2.05) is 0 Å². The first kappa shape index (κ1) is 57.6. The molecule has 0 atom stereocenters. The van der Waals surface area contributed by atoms with Gasteiger partial charge in [-0.15, -0.1) is 0 Å². The van der Waals surface area contributed by atoms with Crippen LogP contribution in [0, 0.1) is 0 Å². The van der Waals surface area contributed by atoms with Crippen LogP contribution in [0.3, 0.4) is 0 Å². The molecule has 0 aromatic heterocycles. The van der Waals surface area contributed by atoms with E-state index in [-0.39, 0.29) is 71.0 Å². The highest BCUT2D eigenvalue weighted by Crippen LogP contribution is 2.67. The predicted molar refractivity (Wildman–Crippen MR) is 424 cm³/mol. The summed E-state index contributed by atoms with van der Waals surface area (Å²) in [6.07, 6.45) is 0. The number of hydrogen-bond acceptors (Lipinski definition) is 4. The number of fused-ring (bicyclic) bond motifs is 6. The molecule has 2 heterocycles. The Kier molecular flexibility index (Phi) is 10.5. The lowest BCUT2D eigenvalue weighted by Gasteiger charge is -2.36. The number of imide groups is 2. The van der Waals surface area contributed by atoms with Crippen LogP contribution in [0.5, 0.6) is 0 Å². The smallest absolute Gasteiger partial charge is 0.266 e. The number of anilines is 2. The Hall–Kier alpha value is -10.3. The van der Waals surface area contributed by atoms with Gasteiger partial charge >= 0.3 is 0 Å². The number of amides is 4. The molecule has 20 aromatic rings. The maximum Gasteiger partial charge on any atom is 0.266 e. The monoisotopic (exact) mass is 1290 g/mol. The Bertz CT molecular complexity index is 6340. The van der Waals surface area contributed by atoms with E-state index < -0.39 is 0 Å². The van der Waals surface area contributed by atoms with Crippen molar-refractivity contribution in [1.29, 1.82) is 0 Å². The zero-order valence-corrected chi connectivity index (χ0v) is 59.5. The highest BCUT2D eigenvalue weighted by molar-refractivity contribution is 6.68. The second-order valence-corrected chi connectivity index (χ2v) is 33.3. The molecule has 6 heteroatoms. The van der Waals surface area contributed by atoms with Gasteiger partial charge in [-0.25, -0.2) is 9.80 Å². The number of hydrogen-bond donors (Lipinski definition) is 0. The van der Waals surface area contributed by atoms with Crippen LogP contribution in [0.25, 0.3) is 183 Å². The lowest BCUT2D eigenvalue weighted by molar-refractivity contribution is 0.0877. The van der Waals surface area contributed by atoms with E-state index in [2.05, 4.69) is 220 Å². The second kappa shape index (κ2) is 18.2. The van der Waals surface area contributed by atoms with E-state index >= 15 is 19.2 Å². The van der Waals surface area contributed by atoms with Crippen LogP contribution in [0.1, 0.15) is 244 Å². The fourth-order valence-corrected chi connectivity index (χ4v) is 21.0. The quantitative estimate of drug-likeness (QED) is 0.0777. The molecule has 2 aliphatic rings. The van der Waals surface area contributed by atoms with Gasteiger partial charge in [-0.1, -0.05) is 196 Å². The van der Waals surface area contributed by atoms with Gasteiger partial charge in [0.05, 0.1) is 11.4 Å². The summed E-state index contributed by atoms with van der Waals surface area (Å²) in [7, 11) is 0. The summed E-state index contributed by atoms with van der Waals surface area (Å²) in [5.41, 5.74) is 12.4. The number of carbonyl (C=O) groups is 4. The fourth-order valence-electron chi connectivity index (χ4n) is 21.0. The zero-order valence-electron chi connectivity index (χ0n) is 59.5. The van der Waals surface area contributed by atoms with Crippen molar-refractivity contribution in [2.24, 2.45) is 0 Å². The Morgan fingerprint density at radius 1 is 0.200 bits per heavy atom. The van der Waals surface area contributed by atoms with Gasteiger partial charge in [0.15, 0.2) is 0 Å². The Balaban J connectivity index is 1.07. The maximum absolute atomic E-state index is 16.8. The largest absolute Gasteiger partial charge is 0.268 e. The van der Waals surface area contributed by atoms with Crippen LogP contribution < -0.4 is 9.80 Å². The van der Waals surface area contributed by atoms with Gasteiger partial charge in [0.2, 0.25) is 0 Å². The van der Waals surface area contributed by atoms with Crippen molar-refractivity contribution in [1.82, 2.24) is 0 Å². The SMILES string of the molecule is CC(C)c1cc2c3cc(C(C)C)cc4c5cc6c7c(cc8c9cc(C(C)C)cc%10c%11cc(C(C)C)cc%12c%13cc%14c%15c(cc%16c(c1)c2c1c(c34)c2c5c7c8c3c(c%109)c(c%11%12)c4c%13c%15c%16c1c4c23)C(=O)N(c1c(C(C)C)cccc1C(C)C)C%14=O)C(=O)N(c1c(C(C)C)cccc1C(C)C)C6=O. The number of benzene rings is 20. The molecule has 0 aliphatic carbocycles. The Labute approximate surface area is 577 Å². The van der Waals surface area contributed by atoms with Gasteiger partial charge in [0.1, 0.15) is 0 Å². The molecular weight excluding hydrogens is 1220 g/mol. The van der Waals surface area contributed by atoms with Crippen molar-refractivity contribution in [3.05, 3.63) is 176 Å². The van der Waals surface area contributed by atoms with E-state index in [0.29, 0.717) is 33.6 Å². The third kappa shape index (κ3) is 6.21. The first-order valence-corrected chi connectivity index (χ1v) is 36.9. The summed E-state index contributed by atoms with van der Waals surface area (Å²) < 4.78 is 0. The average molecular weight is 1300 g/mol. The van der Waals surface area contributed by atoms with E-state index in [1.54, 1.807) is 9.80 Å². The number of rotatable bonds is 10. The Morgan fingerprint density at radius 2 is 0.370 bits per heavy atom. The molecule has 2 aliphatic heterocycles. The number of nitrogens with zero attached hydrogens (tertiary/aromatic N) is 2. The first-order chi connectivity index (χ1) is 48.0. The van der Waals surface area contributed by atoms with Crippen LogP contribution in [0.4, 0.5) is 11.4 Å². The van der Waals surface area contributed by atoms with Gasteiger partial charge in [0.25, 0.3) is 23.6 Å². The molecular formula is C94H74N2O4. The third-order valence-electron chi connectivity index (χ3n) is 25.5. The minimum atomic E-state index is -0.282. The fraction of sp³-hybridized carbons (Fsp3) is 0.255. The van der Waals surface area contributed by atoms with Crippen molar-refractivity contribution >= 4 is 218 Å². The molecule has 0 saturated carbocycles. The minimum absolute atomic E-state index is 0.0267. The zero-order chi connectivity index (χ0) is 68.5. The second-order valence-electron chi connectivity index (χ2n) is 33.3. The molecule has 484 valence electrons. The molecule has 0 radical (unpaired) electrons. The van der Waals surface area contributed by atoms with Gasteiger partial charge < -0.3 is 0 Å². The Morgan fingerprint density at radius 3 is 0.560 bits per heavy atom. The standard InChI is InChI=1S/C94H74N2O4/c1-35(2)43-23-51-52-24-44(36(3)4)28-56-60-32-65-72-66(94(100)96(93(65)99)90-49(41(13)14)21-18-22-50(90)42(15)16)34-62-58-30-46(38(7)8)26-54-53-25-45(37(5)6)29-57-61-33-64-71-63(91(97)95(92(64)98)89-47(39(9)10)19-17-20-48(89)40(11)12)31-59-55(27-43)67(51)79-80(68(52)56)84-75(60)78(72)76(62)86-82(70(54)58)81(69(53)57)85-74(61)77(71)73(59)83(79)87(85)88(84)86/h17-42H,1-16H3. The molecule has 0 bridgehead atoms. The summed E-state index contributed by atoms with van der Waals surface area (Å²) in [5, 5.41) is 37.9. The van der Waals surface area contributed by atoms with E-state index in [4.69, 9.17) is 0 Å². The molecule has 0 spiro atoms. The molecule has 20 aromatic carbocycles. The molecule has 4 amide bonds. The highest BCUT2D eigenvalue weighted by atomic mass is 16.2. The molecule has 6 nitrogen and oxygen atoms in total. The lowest BCUT2D eigenvalue weighted by atomic mass is 9.68. The third-order valence-corrected chi connectivity index (χ3v) is 25.5. The molecule has 0 fully saturated rings. The summed E-state index contributed by atoms with van der Waals surface area (Å²) >= 11 is 0. The highest BCUT2D eigenvalue weighted by Gasteiger charge is 2.45. The van der Waals surface area contributed by atoms with Crippen molar-refractivity contribution < 1.29 is 19.2 Å². The van der Waals surface area contributed by atoms with E-state index in [0.717, 1.165) is 108 Å². The normalized spacial score (nSPS) is 15.0. The summed E-state index contributed by atoms with van der Waals surface area (Å²) in [4.78, 5) is 70.4. The van der Waals surface area contributed by atoms with Crippen LogP contribution in [0.15, 0.2) is 109 Å². The average Bonchev–Trinajstić information content (AvgIpc) is 0.624. The lowest BCUT2D eigenvalue weighted by Crippen LogP contribution is -2.42. The van der Waals surface area contributed by atoms with Crippen molar-refractivity contribution in [2.45, 2.75) is 158 Å². The number of carbonyl (C=O) groups excluding carboxylic acids is 4. The van der Waals surface area contributed by atoms with Crippen molar-refractivity contribution in [3.8, 4) is 0 Å². The van der Waals surface area contributed by atoms with Crippen molar-refractivity contribution in [3.63, 3.8) is 0 Å². The van der Waals surface area contributed by atoms with Crippen LogP contribution >= 0.6 is 0 Å². The van der Waals surface area contributed by atoms with E-state index in [1.165, 1.54) is 119 Å². The first-order valence-electron chi connectivity index (χ1n) is 36.9. The van der Waals surface area contributed by atoms with Gasteiger partial charge in [-0.2, -0.15) is 0 Å². The maximum atomic E-state index is 16.8. The van der Waals surface area contributed by atoms with Crippen LogP contribution in [-0.2, 0) is 0 Å². The van der Waals surface area contributed by atoms with Crippen molar-refractivity contribution in [2.75, 3.05) is 9.80 Å². The van der Waals surface area contributed by atoms with Crippen LogP contribution in [-0.4, -0.2) is 23.6 Å². The molecule has 22 rings (SSSR count). The summed E-state index contributed by atoms with van der Waals surface area (Å²) in [6, 6.07) is 41.3. The molecule has 0 unspecified atom stereocenters. The minimum Gasteiger partial charge on any atom is -0.268 e. The number of para-hydroxylation sites is 2. The van der Waals surface area contributed by atoms with E-state index in [9.17, 15) is 0 Å². The molecule has 0 N–H and O–H groups in total. The van der Waals surface area contributed by atoms with Crippen LogP contribution in [0.2, 0.25) is 0 Å². The summed E-state index contributed by atoms with van der Waals surface area (Å²) in [6.45, 7) is 35.7. The van der Waals surface area contributed by atoms with Gasteiger partial charge in [0, 0.05) is 43.8 Å². The van der Waals surface area contributed by atoms with Gasteiger partial charge in [-0.3, -0.25) is 19.2 Å². The molecule has 100 heavy (non-hydrogen) atoms. The van der Waals surface area contributed by atoms with Gasteiger partial charge in [-0.05, 0) is 278 Å². The predicted octanol–water partition coefficient (Wildman–Crippen LogP) is 26.3.